The Morgan fingerprint density at radius 1 is 1.21 bits per heavy atom. The fourth-order valence-corrected chi connectivity index (χ4v) is 4.64. The van der Waals surface area contributed by atoms with Gasteiger partial charge in [-0.3, -0.25) is 9.59 Å². The number of piperazine rings is 1. The largest absolute Gasteiger partial charge is 0.350 e. The molecular formula is C24H31ClN6O2. The predicted octanol–water partition coefficient (Wildman–Crippen LogP) is 2.83. The number of anilines is 2. The van der Waals surface area contributed by atoms with Crippen molar-refractivity contribution in [2.24, 2.45) is 0 Å². The van der Waals surface area contributed by atoms with Crippen LogP contribution in [0.2, 0.25) is 5.02 Å². The average molecular weight is 471 g/mol. The van der Waals surface area contributed by atoms with Crippen molar-refractivity contribution in [1.82, 2.24) is 20.2 Å². The number of nitrogens with one attached hydrogen (secondary N) is 2. The van der Waals surface area contributed by atoms with Gasteiger partial charge in [-0.1, -0.05) is 37.6 Å². The maximum atomic E-state index is 13.6. The van der Waals surface area contributed by atoms with Crippen LogP contribution < -0.4 is 15.5 Å². The van der Waals surface area contributed by atoms with E-state index in [9.17, 15) is 9.59 Å². The molecule has 176 valence electrons. The molecule has 3 heterocycles. The number of nitrogens with zero attached hydrogens (tertiary/aromatic N) is 4. The van der Waals surface area contributed by atoms with E-state index in [0.29, 0.717) is 49.9 Å². The maximum Gasteiger partial charge on any atom is 0.231 e. The number of carbonyl (C=O) groups excluding carboxylic acids is 2. The number of hydrogen-bond donors (Lipinski definition) is 2. The molecule has 0 saturated carbocycles. The van der Waals surface area contributed by atoms with Crippen molar-refractivity contribution in [3.05, 3.63) is 46.7 Å². The Balaban J connectivity index is 1.50. The molecule has 8 nitrogen and oxygen atoms in total. The van der Waals surface area contributed by atoms with E-state index in [1.54, 1.807) is 0 Å². The van der Waals surface area contributed by atoms with E-state index in [1.807, 2.05) is 29.2 Å². The highest BCUT2D eigenvalue weighted by atomic mass is 35.5. The van der Waals surface area contributed by atoms with Crippen LogP contribution in [0.3, 0.4) is 0 Å². The highest BCUT2D eigenvalue weighted by Crippen LogP contribution is 2.31. The van der Waals surface area contributed by atoms with Crippen LogP contribution in [0.25, 0.3) is 0 Å². The van der Waals surface area contributed by atoms with Crippen molar-refractivity contribution in [3.8, 4) is 0 Å². The lowest BCUT2D eigenvalue weighted by molar-refractivity contribution is -0.133. The summed E-state index contributed by atoms with van der Waals surface area (Å²) in [7, 11) is 0. The molecule has 1 fully saturated rings. The summed E-state index contributed by atoms with van der Waals surface area (Å²) in [5.74, 6) is 1.29. The van der Waals surface area contributed by atoms with Crippen LogP contribution in [0.5, 0.6) is 0 Å². The summed E-state index contributed by atoms with van der Waals surface area (Å²) in [5.41, 5.74) is 1.94. The molecule has 2 aliphatic heterocycles. The number of fused-ring (bicyclic) bond motifs is 1. The van der Waals surface area contributed by atoms with E-state index in [4.69, 9.17) is 11.6 Å². The lowest BCUT2D eigenvalue weighted by atomic mass is 9.96. The van der Waals surface area contributed by atoms with Gasteiger partial charge in [0.2, 0.25) is 11.8 Å². The molecule has 1 aromatic heterocycles. The second-order valence-corrected chi connectivity index (χ2v) is 9.50. The van der Waals surface area contributed by atoms with Crippen molar-refractivity contribution in [1.29, 1.82) is 0 Å². The first-order valence-corrected chi connectivity index (χ1v) is 11.9. The molecule has 0 unspecified atom stereocenters. The SMILES string of the molecule is CC(C)NC[C@@H](C(=O)N1CCN(c2ncnc3c2CCC(=O)N3)[C@H](C)C1)c1ccc(Cl)cc1. The van der Waals surface area contributed by atoms with Gasteiger partial charge in [-0.05, 0) is 31.0 Å². The topological polar surface area (TPSA) is 90.5 Å². The summed E-state index contributed by atoms with van der Waals surface area (Å²) in [5, 5.41) is 6.92. The van der Waals surface area contributed by atoms with Crippen LogP contribution in [0.15, 0.2) is 30.6 Å². The quantitative estimate of drug-likeness (QED) is 0.674. The van der Waals surface area contributed by atoms with Gasteiger partial charge in [0.05, 0.1) is 5.92 Å². The first kappa shape index (κ1) is 23.4. The van der Waals surface area contributed by atoms with Gasteiger partial charge in [0.1, 0.15) is 18.0 Å². The van der Waals surface area contributed by atoms with Gasteiger partial charge in [-0.2, -0.15) is 0 Å². The van der Waals surface area contributed by atoms with Crippen molar-refractivity contribution in [2.45, 2.75) is 51.6 Å². The van der Waals surface area contributed by atoms with Crippen molar-refractivity contribution in [3.63, 3.8) is 0 Å². The van der Waals surface area contributed by atoms with E-state index < -0.39 is 0 Å². The number of carbonyl (C=O) groups is 2. The highest BCUT2D eigenvalue weighted by molar-refractivity contribution is 6.30. The summed E-state index contributed by atoms with van der Waals surface area (Å²) in [6.45, 7) is 8.74. The second-order valence-electron chi connectivity index (χ2n) is 9.07. The summed E-state index contributed by atoms with van der Waals surface area (Å²) in [6, 6.07) is 7.92. The lowest BCUT2D eigenvalue weighted by Gasteiger charge is -2.42. The third-order valence-electron chi connectivity index (χ3n) is 6.29. The summed E-state index contributed by atoms with van der Waals surface area (Å²) >= 11 is 6.07. The van der Waals surface area contributed by atoms with Crippen LogP contribution in [0.4, 0.5) is 11.6 Å². The average Bonchev–Trinajstić information content (AvgIpc) is 2.79. The minimum absolute atomic E-state index is 0.0149. The zero-order valence-electron chi connectivity index (χ0n) is 19.3. The van der Waals surface area contributed by atoms with Crippen LogP contribution in [-0.4, -0.2) is 64.9 Å². The van der Waals surface area contributed by atoms with Gasteiger partial charge in [-0.15, -0.1) is 0 Å². The number of amides is 2. The van der Waals surface area contributed by atoms with Gasteiger partial charge >= 0.3 is 0 Å². The van der Waals surface area contributed by atoms with Crippen LogP contribution in [-0.2, 0) is 16.0 Å². The Hall–Kier alpha value is -2.71. The molecule has 0 radical (unpaired) electrons. The Labute approximate surface area is 199 Å². The summed E-state index contributed by atoms with van der Waals surface area (Å²) in [4.78, 5) is 38.3. The third-order valence-corrected chi connectivity index (χ3v) is 6.55. The molecule has 33 heavy (non-hydrogen) atoms. The van der Waals surface area contributed by atoms with Crippen LogP contribution in [0.1, 0.15) is 44.2 Å². The van der Waals surface area contributed by atoms with E-state index in [1.165, 1.54) is 6.33 Å². The van der Waals surface area contributed by atoms with E-state index in [-0.39, 0.29) is 29.8 Å². The normalized spacial score (nSPS) is 19.3. The molecule has 2 aliphatic rings. The standard InChI is InChI=1S/C24H31ClN6O2/c1-15(2)26-12-20(17-4-6-18(25)7-5-17)24(33)30-10-11-31(16(3)13-30)23-19-8-9-21(32)29-22(19)27-14-28-23/h4-7,14-16,20,26H,8-13H2,1-3H3,(H,27,28,29,32)/t16-,20-/m1/s1. The van der Waals surface area contributed by atoms with Gasteiger partial charge in [-0.25, -0.2) is 9.97 Å². The molecule has 0 bridgehead atoms. The minimum Gasteiger partial charge on any atom is -0.350 e. The number of benzene rings is 1. The zero-order valence-corrected chi connectivity index (χ0v) is 20.1. The minimum atomic E-state index is -0.273. The van der Waals surface area contributed by atoms with Gasteiger partial charge in [0.15, 0.2) is 0 Å². The predicted molar refractivity (Wildman–Crippen MR) is 130 cm³/mol. The van der Waals surface area contributed by atoms with Crippen molar-refractivity contribution in [2.75, 3.05) is 36.4 Å². The first-order valence-electron chi connectivity index (χ1n) is 11.5. The molecule has 9 heteroatoms. The first-order chi connectivity index (χ1) is 15.8. The van der Waals surface area contributed by atoms with Crippen molar-refractivity contribution >= 4 is 35.1 Å². The fraction of sp³-hybridized carbons (Fsp3) is 0.500. The van der Waals surface area contributed by atoms with E-state index >= 15 is 0 Å². The Bertz CT molecular complexity index is 1010. The Kier molecular flexibility index (Phi) is 7.14. The molecular weight excluding hydrogens is 440 g/mol. The fourth-order valence-electron chi connectivity index (χ4n) is 4.51. The molecule has 2 N–H and O–H groups in total. The molecule has 4 rings (SSSR count). The molecule has 0 spiro atoms. The molecule has 2 atom stereocenters. The van der Waals surface area contributed by atoms with E-state index in [0.717, 1.165) is 16.9 Å². The lowest BCUT2D eigenvalue weighted by Crippen LogP contribution is -2.55. The Morgan fingerprint density at radius 3 is 2.67 bits per heavy atom. The van der Waals surface area contributed by atoms with Crippen LogP contribution in [0, 0.1) is 0 Å². The Morgan fingerprint density at radius 2 is 1.97 bits per heavy atom. The van der Waals surface area contributed by atoms with Gasteiger partial charge in [0.25, 0.3) is 0 Å². The number of halogens is 1. The smallest absolute Gasteiger partial charge is 0.231 e. The summed E-state index contributed by atoms with van der Waals surface area (Å²) in [6.07, 6.45) is 2.56. The summed E-state index contributed by atoms with van der Waals surface area (Å²) < 4.78 is 0. The van der Waals surface area contributed by atoms with Crippen molar-refractivity contribution < 1.29 is 9.59 Å². The maximum absolute atomic E-state index is 13.6. The molecule has 1 saturated heterocycles. The molecule has 0 aliphatic carbocycles. The van der Waals surface area contributed by atoms with Gasteiger partial charge < -0.3 is 20.4 Å². The zero-order chi connectivity index (χ0) is 23.5. The molecule has 2 aromatic rings. The number of hydrogen-bond acceptors (Lipinski definition) is 6. The number of aromatic nitrogens is 2. The number of rotatable bonds is 6. The monoisotopic (exact) mass is 470 g/mol. The molecule has 1 aromatic carbocycles. The third kappa shape index (κ3) is 5.28. The van der Waals surface area contributed by atoms with Crippen LogP contribution >= 0.6 is 11.6 Å². The van der Waals surface area contributed by atoms with E-state index in [2.05, 4.69) is 46.3 Å². The second kappa shape index (κ2) is 10.1. The highest BCUT2D eigenvalue weighted by Gasteiger charge is 2.34. The van der Waals surface area contributed by atoms with Gasteiger partial charge in [0, 0.05) is 55.3 Å². The molecule has 2 amide bonds.